The van der Waals surface area contributed by atoms with Crippen molar-refractivity contribution in [1.29, 1.82) is 0 Å². The molecule has 0 spiro atoms. The molecular formula is C19H19NO5. The molecule has 0 bridgehead atoms. The van der Waals surface area contributed by atoms with Crippen molar-refractivity contribution >= 4 is 29.2 Å². The third kappa shape index (κ3) is 4.23. The maximum atomic E-state index is 12.4. The lowest BCUT2D eigenvalue weighted by Gasteiger charge is -2.24. The zero-order valence-electron chi connectivity index (χ0n) is 13.8. The highest BCUT2D eigenvalue weighted by Gasteiger charge is 2.23. The average molecular weight is 341 g/mol. The summed E-state index contributed by atoms with van der Waals surface area (Å²) in [6.07, 6.45) is 2.49. The van der Waals surface area contributed by atoms with Gasteiger partial charge in [0.15, 0.2) is 0 Å². The molecule has 25 heavy (non-hydrogen) atoms. The number of nitrogens with zero attached hydrogens (tertiary/aromatic N) is 1. The average Bonchev–Trinajstić information content (AvgIpc) is 2.78. The second-order valence-electron chi connectivity index (χ2n) is 5.45. The zero-order chi connectivity index (χ0) is 18.4. The lowest BCUT2D eigenvalue weighted by molar-refractivity contribution is -0.159. The Balaban J connectivity index is 0.000000326. The summed E-state index contributed by atoms with van der Waals surface area (Å²) >= 11 is 0. The van der Waals surface area contributed by atoms with E-state index in [1.807, 2.05) is 48.2 Å². The van der Waals surface area contributed by atoms with Crippen molar-refractivity contribution in [3.8, 4) is 0 Å². The maximum absolute atomic E-state index is 12.4. The van der Waals surface area contributed by atoms with Gasteiger partial charge in [-0.15, -0.1) is 0 Å². The third-order valence-corrected chi connectivity index (χ3v) is 3.86. The Labute approximate surface area is 145 Å². The number of aliphatic carboxylic acids is 2. The molecule has 0 aliphatic carbocycles. The van der Waals surface area contributed by atoms with Crippen LogP contribution in [0.5, 0.6) is 0 Å². The lowest BCUT2D eigenvalue weighted by atomic mass is 10.0. The van der Waals surface area contributed by atoms with Crippen molar-refractivity contribution in [1.82, 2.24) is 0 Å². The van der Waals surface area contributed by atoms with Gasteiger partial charge in [0.2, 0.25) is 5.91 Å². The highest BCUT2D eigenvalue weighted by molar-refractivity contribution is 6.27. The topological polar surface area (TPSA) is 94.9 Å². The Hall–Kier alpha value is -3.15. The van der Waals surface area contributed by atoms with Gasteiger partial charge in [0.05, 0.1) is 11.4 Å². The molecule has 2 aromatic carbocycles. The minimum Gasteiger partial charge on any atom is -0.473 e. The normalized spacial score (nSPS) is 12.0. The minimum absolute atomic E-state index is 0.154. The fourth-order valence-corrected chi connectivity index (χ4v) is 2.71. The first-order chi connectivity index (χ1) is 12.0. The van der Waals surface area contributed by atoms with E-state index < -0.39 is 11.9 Å². The summed E-state index contributed by atoms with van der Waals surface area (Å²) in [5, 5.41) is 14.8. The summed E-state index contributed by atoms with van der Waals surface area (Å²) in [6, 6.07) is 16.4. The van der Waals surface area contributed by atoms with Crippen molar-refractivity contribution < 1.29 is 24.6 Å². The number of benzene rings is 2. The van der Waals surface area contributed by atoms with Crippen LogP contribution in [-0.2, 0) is 27.2 Å². The quantitative estimate of drug-likeness (QED) is 0.778. The van der Waals surface area contributed by atoms with E-state index in [2.05, 4.69) is 12.1 Å². The molecule has 1 heterocycles. The van der Waals surface area contributed by atoms with Crippen LogP contribution in [-0.4, -0.2) is 28.1 Å². The molecule has 0 aromatic heterocycles. The number of carboxylic acid groups (broad SMARTS) is 2. The fourth-order valence-electron chi connectivity index (χ4n) is 2.71. The number of fused-ring (bicyclic) bond motifs is 2. The number of amides is 1. The first kappa shape index (κ1) is 18.2. The molecule has 0 fully saturated rings. The van der Waals surface area contributed by atoms with Crippen LogP contribution in [0, 0.1) is 0 Å². The van der Waals surface area contributed by atoms with Gasteiger partial charge in [0.25, 0.3) is 0 Å². The Morgan fingerprint density at radius 2 is 1.24 bits per heavy atom. The second-order valence-corrected chi connectivity index (χ2v) is 5.45. The van der Waals surface area contributed by atoms with E-state index in [4.69, 9.17) is 19.8 Å². The SMILES string of the molecule is CCC(=O)N1c2ccccc2CCc2ccccc21.O=C(O)C(=O)O. The third-order valence-electron chi connectivity index (χ3n) is 3.86. The molecule has 2 aromatic rings. The van der Waals surface area contributed by atoms with Crippen molar-refractivity contribution in [2.24, 2.45) is 0 Å². The first-order valence-corrected chi connectivity index (χ1v) is 7.90. The van der Waals surface area contributed by atoms with Gasteiger partial charge in [0.1, 0.15) is 0 Å². The Kier molecular flexibility index (Phi) is 5.89. The van der Waals surface area contributed by atoms with Gasteiger partial charge in [-0.1, -0.05) is 43.3 Å². The molecule has 6 nitrogen and oxygen atoms in total. The molecule has 1 aliphatic rings. The molecule has 1 aliphatic heterocycles. The number of carbonyl (C=O) groups is 3. The van der Waals surface area contributed by atoms with E-state index in [-0.39, 0.29) is 5.91 Å². The first-order valence-electron chi connectivity index (χ1n) is 7.90. The number of carboxylic acids is 2. The van der Waals surface area contributed by atoms with Gasteiger partial charge < -0.3 is 10.2 Å². The highest BCUT2D eigenvalue weighted by Crippen LogP contribution is 2.36. The van der Waals surface area contributed by atoms with Crippen LogP contribution < -0.4 is 4.90 Å². The van der Waals surface area contributed by atoms with E-state index in [1.54, 1.807) is 0 Å². The van der Waals surface area contributed by atoms with Crippen molar-refractivity contribution in [2.45, 2.75) is 26.2 Å². The molecular weight excluding hydrogens is 322 g/mol. The van der Waals surface area contributed by atoms with Crippen LogP contribution in [0.4, 0.5) is 11.4 Å². The predicted molar refractivity (Wildman–Crippen MR) is 93.0 cm³/mol. The highest BCUT2D eigenvalue weighted by atomic mass is 16.4. The molecule has 0 atom stereocenters. The van der Waals surface area contributed by atoms with Gasteiger partial charge >= 0.3 is 11.9 Å². The molecule has 0 radical (unpaired) electrons. The van der Waals surface area contributed by atoms with Crippen molar-refractivity contribution in [3.63, 3.8) is 0 Å². The number of para-hydroxylation sites is 2. The number of hydrogen-bond donors (Lipinski definition) is 2. The smallest absolute Gasteiger partial charge is 0.414 e. The molecule has 0 unspecified atom stereocenters. The van der Waals surface area contributed by atoms with E-state index in [0.29, 0.717) is 6.42 Å². The van der Waals surface area contributed by atoms with E-state index in [9.17, 15) is 4.79 Å². The fraction of sp³-hybridized carbons (Fsp3) is 0.211. The van der Waals surface area contributed by atoms with Crippen molar-refractivity contribution in [3.05, 3.63) is 59.7 Å². The number of aryl methyl sites for hydroxylation is 2. The van der Waals surface area contributed by atoms with Crippen LogP contribution in [0.1, 0.15) is 24.5 Å². The summed E-state index contributed by atoms with van der Waals surface area (Å²) in [6.45, 7) is 1.92. The summed E-state index contributed by atoms with van der Waals surface area (Å²) in [5.41, 5.74) is 4.58. The molecule has 1 amide bonds. The number of hydrogen-bond acceptors (Lipinski definition) is 3. The molecule has 3 rings (SSSR count). The van der Waals surface area contributed by atoms with Gasteiger partial charge in [-0.25, -0.2) is 9.59 Å². The maximum Gasteiger partial charge on any atom is 0.414 e. The van der Waals surface area contributed by atoms with E-state index in [1.165, 1.54) is 11.1 Å². The molecule has 6 heteroatoms. The predicted octanol–water partition coefficient (Wildman–Crippen LogP) is 3.02. The molecule has 0 saturated heterocycles. The Morgan fingerprint density at radius 1 is 0.840 bits per heavy atom. The summed E-state index contributed by atoms with van der Waals surface area (Å²) in [5.74, 6) is -3.49. The summed E-state index contributed by atoms with van der Waals surface area (Å²) in [7, 11) is 0. The van der Waals surface area contributed by atoms with E-state index >= 15 is 0 Å². The van der Waals surface area contributed by atoms with Crippen LogP contribution in [0.3, 0.4) is 0 Å². The molecule has 130 valence electrons. The van der Waals surface area contributed by atoms with Crippen LogP contribution in [0.25, 0.3) is 0 Å². The minimum atomic E-state index is -1.82. The van der Waals surface area contributed by atoms with Gasteiger partial charge in [-0.2, -0.15) is 0 Å². The van der Waals surface area contributed by atoms with Gasteiger partial charge in [-0.05, 0) is 36.1 Å². The largest absolute Gasteiger partial charge is 0.473 e. The van der Waals surface area contributed by atoms with E-state index in [0.717, 1.165) is 24.2 Å². The Morgan fingerprint density at radius 3 is 1.60 bits per heavy atom. The standard InChI is InChI=1S/C17H17NO.C2H2O4/c1-2-17(19)18-15-9-5-3-7-13(15)11-12-14-8-4-6-10-16(14)18;3-1(4)2(5)6/h3-10H,2,11-12H2,1H3;(H,3,4)(H,5,6). The summed E-state index contributed by atoms with van der Waals surface area (Å²) in [4.78, 5) is 32.5. The Bertz CT molecular complexity index is 740. The monoisotopic (exact) mass is 341 g/mol. The number of rotatable bonds is 1. The number of anilines is 2. The second kappa shape index (κ2) is 8.10. The van der Waals surface area contributed by atoms with Gasteiger partial charge in [0, 0.05) is 6.42 Å². The van der Waals surface area contributed by atoms with Crippen LogP contribution >= 0.6 is 0 Å². The zero-order valence-corrected chi connectivity index (χ0v) is 13.8. The lowest BCUT2D eigenvalue weighted by Crippen LogP contribution is -2.25. The summed E-state index contributed by atoms with van der Waals surface area (Å²) < 4.78 is 0. The van der Waals surface area contributed by atoms with Crippen LogP contribution in [0.2, 0.25) is 0 Å². The molecule has 2 N–H and O–H groups in total. The number of carbonyl (C=O) groups excluding carboxylic acids is 1. The van der Waals surface area contributed by atoms with Gasteiger partial charge in [-0.3, -0.25) is 9.69 Å². The van der Waals surface area contributed by atoms with Crippen LogP contribution in [0.15, 0.2) is 48.5 Å². The van der Waals surface area contributed by atoms with Crippen molar-refractivity contribution in [2.75, 3.05) is 4.90 Å². The molecule has 0 saturated carbocycles.